The van der Waals surface area contributed by atoms with Gasteiger partial charge >= 0.3 is 0 Å². The van der Waals surface area contributed by atoms with Crippen molar-refractivity contribution in [1.29, 1.82) is 0 Å². The maximum absolute atomic E-state index is 12.1. The Balaban J connectivity index is 2.04. The largest absolute Gasteiger partial charge is 0.482 e. The number of amides is 2. The molecule has 0 aliphatic rings. The summed E-state index contributed by atoms with van der Waals surface area (Å²) in [6.07, 6.45) is 0. The van der Waals surface area contributed by atoms with E-state index < -0.39 is 5.91 Å². The van der Waals surface area contributed by atoms with Crippen molar-refractivity contribution in [2.45, 2.75) is 19.9 Å². The van der Waals surface area contributed by atoms with Crippen LogP contribution in [0.25, 0.3) is 0 Å². The zero-order valence-electron chi connectivity index (χ0n) is 14.1. The van der Waals surface area contributed by atoms with Gasteiger partial charge in [0.25, 0.3) is 11.8 Å². The van der Waals surface area contributed by atoms with Crippen LogP contribution in [0.4, 0.5) is 5.69 Å². The van der Waals surface area contributed by atoms with Gasteiger partial charge < -0.3 is 15.4 Å². The van der Waals surface area contributed by atoms with E-state index in [0.717, 1.165) is 0 Å². The van der Waals surface area contributed by atoms with Gasteiger partial charge in [0.15, 0.2) is 6.61 Å². The molecule has 0 spiro atoms. The highest BCUT2D eigenvalue weighted by Gasteiger charge is 2.13. The van der Waals surface area contributed by atoms with E-state index in [4.69, 9.17) is 39.5 Å². The molecule has 0 unspecified atom stereocenters. The van der Waals surface area contributed by atoms with Crippen LogP contribution in [0.2, 0.25) is 15.1 Å². The molecule has 2 rings (SSSR count). The van der Waals surface area contributed by atoms with Gasteiger partial charge in [0.1, 0.15) is 5.75 Å². The Bertz CT molecular complexity index is 825. The van der Waals surface area contributed by atoms with Crippen molar-refractivity contribution in [2.75, 3.05) is 11.9 Å². The average Bonchev–Trinajstić information content (AvgIpc) is 2.57. The molecule has 0 bridgehead atoms. The minimum atomic E-state index is -0.454. The molecule has 0 aromatic heterocycles. The van der Waals surface area contributed by atoms with E-state index in [0.29, 0.717) is 32.1 Å². The fourth-order valence-electron chi connectivity index (χ4n) is 2.03. The van der Waals surface area contributed by atoms with E-state index in [2.05, 4.69) is 10.6 Å². The summed E-state index contributed by atoms with van der Waals surface area (Å²) in [4.78, 5) is 24.2. The molecular formula is C18H17Cl3N2O3. The Labute approximate surface area is 166 Å². The van der Waals surface area contributed by atoms with Crippen molar-refractivity contribution in [3.05, 3.63) is 57.0 Å². The van der Waals surface area contributed by atoms with Crippen LogP contribution in [-0.2, 0) is 4.79 Å². The van der Waals surface area contributed by atoms with Gasteiger partial charge in [0.05, 0.1) is 15.7 Å². The van der Waals surface area contributed by atoms with Gasteiger partial charge in [-0.3, -0.25) is 9.59 Å². The van der Waals surface area contributed by atoms with Crippen molar-refractivity contribution >= 4 is 52.3 Å². The molecule has 0 aliphatic heterocycles. The van der Waals surface area contributed by atoms with E-state index >= 15 is 0 Å². The molecule has 2 N–H and O–H groups in total. The minimum absolute atomic E-state index is 0.00735. The Morgan fingerprint density at radius 3 is 2.42 bits per heavy atom. The van der Waals surface area contributed by atoms with Crippen LogP contribution in [0.3, 0.4) is 0 Å². The molecule has 2 aromatic rings. The lowest BCUT2D eigenvalue weighted by molar-refractivity contribution is -0.118. The molecule has 0 atom stereocenters. The Hall–Kier alpha value is -1.95. The SMILES string of the molecule is CC(C)NC(=O)c1ccc(Cl)c(NC(=O)COc2cc(Cl)ccc2Cl)c1. The molecule has 26 heavy (non-hydrogen) atoms. The van der Waals surface area contributed by atoms with Crippen LogP contribution < -0.4 is 15.4 Å². The van der Waals surface area contributed by atoms with Gasteiger partial charge in [0.2, 0.25) is 0 Å². The van der Waals surface area contributed by atoms with Gasteiger partial charge in [0, 0.05) is 22.7 Å². The number of nitrogens with one attached hydrogen (secondary N) is 2. The Kier molecular flexibility index (Phi) is 7.14. The molecule has 138 valence electrons. The summed E-state index contributed by atoms with van der Waals surface area (Å²) in [5.74, 6) is -0.413. The predicted molar refractivity (Wildman–Crippen MR) is 105 cm³/mol. The third-order valence-electron chi connectivity index (χ3n) is 3.17. The van der Waals surface area contributed by atoms with E-state index in [1.807, 2.05) is 13.8 Å². The van der Waals surface area contributed by atoms with Crippen LogP contribution in [0, 0.1) is 0 Å². The summed E-state index contributed by atoms with van der Waals surface area (Å²) >= 11 is 17.9. The smallest absolute Gasteiger partial charge is 0.262 e. The van der Waals surface area contributed by atoms with E-state index in [1.165, 1.54) is 12.1 Å². The van der Waals surface area contributed by atoms with E-state index in [1.54, 1.807) is 24.3 Å². The second-order valence-corrected chi connectivity index (χ2v) is 6.99. The number of hydrogen-bond acceptors (Lipinski definition) is 3. The average molecular weight is 416 g/mol. The van der Waals surface area contributed by atoms with Crippen LogP contribution in [0.5, 0.6) is 5.75 Å². The predicted octanol–water partition coefficient (Wildman–Crippen LogP) is 4.80. The zero-order chi connectivity index (χ0) is 19.3. The number of hydrogen-bond donors (Lipinski definition) is 2. The summed E-state index contributed by atoms with van der Waals surface area (Å²) in [5, 5.41) is 6.47. The molecule has 0 saturated heterocycles. The third kappa shape index (κ3) is 5.80. The van der Waals surface area contributed by atoms with Gasteiger partial charge in [-0.05, 0) is 44.2 Å². The number of ether oxygens (including phenoxy) is 1. The number of carbonyl (C=O) groups excluding carboxylic acids is 2. The fraction of sp³-hybridized carbons (Fsp3) is 0.222. The zero-order valence-corrected chi connectivity index (χ0v) is 16.4. The summed E-state index contributed by atoms with van der Waals surface area (Å²) in [6, 6.07) is 9.33. The molecule has 0 fully saturated rings. The second kappa shape index (κ2) is 9.12. The van der Waals surface area contributed by atoms with Gasteiger partial charge in [-0.1, -0.05) is 34.8 Å². The summed E-state index contributed by atoms with van der Waals surface area (Å²) in [6.45, 7) is 3.42. The summed E-state index contributed by atoms with van der Waals surface area (Å²) in [5.41, 5.74) is 0.700. The van der Waals surface area contributed by atoms with Crippen molar-refractivity contribution in [2.24, 2.45) is 0 Å². The van der Waals surface area contributed by atoms with Crippen LogP contribution in [0.1, 0.15) is 24.2 Å². The number of halogens is 3. The maximum Gasteiger partial charge on any atom is 0.262 e. The number of benzene rings is 2. The third-order valence-corrected chi connectivity index (χ3v) is 4.05. The van der Waals surface area contributed by atoms with Gasteiger partial charge in [-0.2, -0.15) is 0 Å². The standard InChI is InChI=1S/C18H17Cl3N2O3/c1-10(2)22-18(25)11-3-5-13(20)15(7-11)23-17(24)9-26-16-8-12(19)4-6-14(16)21/h3-8,10H,9H2,1-2H3,(H,22,25)(H,23,24). The molecule has 2 amide bonds. The lowest BCUT2D eigenvalue weighted by Gasteiger charge is -2.12. The van der Waals surface area contributed by atoms with Gasteiger partial charge in [-0.25, -0.2) is 0 Å². The number of carbonyl (C=O) groups is 2. The molecule has 0 saturated carbocycles. The van der Waals surface area contributed by atoms with Gasteiger partial charge in [-0.15, -0.1) is 0 Å². The van der Waals surface area contributed by atoms with Crippen LogP contribution >= 0.6 is 34.8 Å². The van der Waals surface area contributed by atoms with Crippen molar-refractivity contribution in [1.82, 2.24) is 5.32 Å². The van der Waals surface area contributed by atoms with E-state index in [9.17, 15) is 9.59 Å². The highest BCUT2D eigenvalue weighted by Crippen LogP contribution is 2.28. The lowest BCUT2D eigenvalue weighted by Crippen LogP contribution is -2.30. The molecule has 0 heterocycles. The maximum atomic E-state index is 12.1. The molecule has 8 heteroatoms. The molecule has 5 nitrogen and oxygen atoms in total. The summed E-state index contributed by atoms with van der Waals surface area (Å²) in [7, 11) is 0. The first-order valence-electron chi connectivity index (χ1n) is 7.74. The Morgan fingerprint density at radius 2 is 1.73 bits per heavy atom. The summed E-state index contributed by atoms with van der Waals surface area (Å²) < 4.78 is 5.37. The first kappa shape index (κ1) is 20.4. The van der Waals surface area contributed by atoms with Crippen molar-refractivity contribution in [3.8, 4) is 5.75 Å². The molecule has 0 aliphatic carbocycles. The highest BCUT2D eigenvalue weighted by molar-refractivity contribution is 6.34. The van der Waals surface area contributed by atoms with Crippen molar-refractivity contribution in [3.63, 3.8) is 0 Å². The van der Waals surface area contributed by atoms with Crippen LogP contribution in [0.15, 0.2) is 36.4 Å². The minimum Gasteiger partial charge on any atom is -0.482 e. The first-order chi connectivity index (χ1) is 12.3. The molecule has 2 aromatic carbocycles. The Morgan fingerprint density at radius 1 is 1.04 bits per heavy atom. The first-order valence-corrected chi connectivity index (χ1v) is 8.87. The number of anilines is 1. The molecular weight excluding hydrogens is 399 g/mol. The molecule has 0 radical (unpaired) electrons. The monoisotopic (exact) mass is 414 g/mol. The second-order valence-electron chi connectivity index (χ2n) is 5.73. The topological polar surface area (TPSA) is 67.4 Å². The number of rotatable bonds is 6. The van der Waals surface area contributed by atoms with E-state index in [-0.39, 0.29) is 18.6 Å². The van der Waals surface area contributed by atoms with Crippen LogP contribution in [-0.4, -0.2) is 24.5 Å². The van der Waals surface area contributed by atoms with Crippen molar-refractivity contribution < 1.29 is 14.3 Å². The normalized spacial score (nSPS) is 10.5. The lowest BCUT2D eigenvalue weighted by atomic mass is 10.1. The fourth-order valence-corrected chi connectivity index (χ4v) is 2.52. The quantitative estimate of drug-likeness (QED) is 0.712. The highest BCUT2D eigenvalue weighted by atomic mass is 35.5.